The third-order valence-electron chi connectivity index (χ3n) is 24.8. The zero-order valence-electron chi connectivity index (χ0n) is 81.2. The second-order valence-corrected chi connectivity index (χ2v) is 41.0. The van der Waals surface area contributed by atoms with E-state index in [2.05, 4.69) is 58.5 Å². The molecule has 34 N–H and O–H groups in total. The standard InChI is InChI=1S/C95H138N12O38S4/c96-84(134)55(26-27-71(120)121)104-88(138)57(106-89(139)58(107-91(141)62(42-50-16-24-54(115)25-17-50)103-70(119)31-38-149-95-83(133)79(129)75(125)66(46-111)145-95)9-3-6-34-99-87(137)60(40-48-12-20-52(113)21-13-48)101-68(117)29-36-147-93-81(131)77(127)73(123)64(44-109)143-93)8-2-5-32-97-85(135)56(105-90(140)61(41-49-14-22-53(114)23-15-49)102-69(118)30-37-148-94-82(132)78(128)74(124)65(45-110)144-94)7-1-4-33-98-86(136)59(39-47-10-18-51(112)19-11-47)100-67(116)28-35-146-92-80(130)76(126)72(122)63(43-108)142-92/h10-25,55-66,72-83,92-95,108-115,122-133H,1-9,26-46H2,(H2,96,134)(H,97,135)(H,98,136)(H,99,137)(H,100,116)(H,101,117)(H,102,118)(H,103,119)(H,104,138)(H,105,140)(H,106,139)(H,107,141)(H,120,121)/t55-,56-,57-,58-,59-,60-,61-,62-,63+,64+,65-,66-,72+,73+,74-,75-,76-,77-,78+,79+,80-,81-,82+,83+,92+,93+,94-,95-/m0/s1. The van der Waals surface area contributed by atoms with Crippen LogP contribution in [-0.4, -0.2) is 421 Å². The predicted molar refractivity (Wildman–Crippen MR) is 533 cm³/mol. The number of unbranched alkanes of at least 4 members (excludes halogenated alkanes) is 3. The first-order chi connectivity index (χ1) is 71.0. The summed E-state index contributed by atoms with van der Waals surface area (Å²) in [5, 5.41) is 244. The number of carboxylic acids is 1. The van der Waals surface area contributed by atoms with E-state index in [1.807, 2.05) is 0 Å². The van der Waals surface area contributed by atoms with Gasteiger partial charge in [-0.05, 0) is 135 Å². The van der Waals surface area contributed by atoms with Gasteiger partial charge in [-0.1, -0.05) is 48.5 Å². The fourth-order valence-corrected chi connectivity index (χ4v) is 20.6. The Morgan fingerprint density at radius 1 is 0.268 bits per heavy atom. The van der Waals surface area contributed by atoms with E-state index >= 15 is 9.59 Å². The number of aliphatic hydroxyl groups excluding tert-OH is 16. The molecule has 4 aliphatic heterocycles. The number of aromatic hydroxyl groups is 4. The average molecular weight is 2180 g/mol. The zero-order valence-corrected chi connectivity index (χ0v) is 84.4. The Morgan fingerprint density at radius 2 is 0.483 bits per heavy atom. The molecule has 149 heavy (non-hydrogen) atoms. The Morgan fingerprint density at radius 3 is 0.711 bits per heavy atom. The minimum Gasteiger partial charge on any atom is -0.508 e. The fraction of sp³-hybridized carbons (Fsp3) is 0.611. The van der Waals surface area contributed by atoms with E-state index in [4.69, 9.17) is 24.7 Å². The Labute approximate surface area is 873 Å². The number of benzene rings is 4. The summed E-state index contributed by atoms with van der Waals surface area (Å²) in [6, 6.07) is 10.0. The average Bonchev–Trinajstić information content (AvgIpc) is 0.824. The second-order valence-electron chi connectivity index (χ2n) is 36.2. The van der Waals surface area contributed by atoms with Crippen LogP contribution in [0.4, 0.5) is 0 Å². The number of carboxylic acid groups (broad SMARTS) is 1. The molecule has 4 aliphatic rings. The number of hydrogen-bond donors (Lipinski definition) is 33. The number of hydrogen-bond acceptors (Lipinski definition) is 41. The number of thioether (sulfide) groups is 4. The van der Waals surface area contributed by atoms with Gasteiger partial charge < -0.3 is 190 Å². The molecule has 0 bridgehead atoms. The number of nitrogens with two attached hydrogens (primary N) is 1. The summed E-state index contributed by atoms with van der Waals surface area (Å²) in [7, 11) is 0. The number of primary amides is 1. The molecular weight excluding hydrogens is 2050 g/mol. The molecule has 0 radical (unpaired) electrons. The van der Waals surface area contributed by atoms with Gasteiger partial charge in [0.2, 0.25) is 70.9 Å². The molecule has 4 aromatic rings. The molecular formula is C95H138N12O38S4. The highest BCUT2D eigenvalue weighted by atomic mass is 32.2. The SMILES string of the molecule is NC(=O)[C@H](CCC(=O)O)NC(=O)[C@H](CCCCNC(=O)[C@H](CCCCNC(=O)[C@H](Cc1ccc(O)cc1)NC(=O)CCS[C@H]1O[C@H](CO)[C@@H](O)[C@H](O)[C@@H]1O)NC(=O)[C@H](Cc1ccc(O)cc1)NC(=O)CCS[C@@H]1O[C@@H](CO)[C@H](O)[C@@H](O)[C@H]1O)NC(=O)[C@H](CCCCNC(=O)[C@H](Cc1ccc(O)cc1)NC(=O)CCS[C@H]1O[C@H](CO)[C@@H](O)[C@H](O)[C@@H]1O)NC(=O)[C@H](Cc1ccc(O)cc1)NC(=O)CCS[C@@H]1O[C@@H](CO)[C@H](O)[C@@H](O)[C@H]1O. The normalized spacial score (nSPS) is 25.3. The first kappa shape index (κ1) is 124. The maximum Gasteiger partial charge on any atom is 0.303 e. The van der Waals surface area contributed by atoms with Crippen molar-refractivity contribution in [3.05, 3.63) is 119 Å². The molecule has 4 fully saturated rings. The Bertz CT molecular complexity index is 4910. The van der Waals surface area contributed by atoms with Gasteiger partial charge >= 0.3 is 5.97 Å². The molecule has 0 aliphatic carbocycles. The quantitative estimate of drug-likeness (QED) is 0.0183. The summed E-state index contributed by atoms with van der Waals surface area (Å²) in [5.74, 6) is -13.0. The molecule has 0 unspecified atom stereocenters. The number of phenols is 4. The summed E-state index contributed by atoms with van der Waals surface area (Å²) in [6.07, 6.45) is -29.8. The van der Waals surface area contributed by atoms with Gasteiger partial charge in [0.25, 0.3) is 0 Å². The van der Waals surface area contributed by atoms with E-state index in [9.17, 15) is 160 Å². The van der Waals surface area contributed by atoms with Crippen LogP contribution < -0.4 is 64.2 Å². The van der Waals surface area contributed by atoms with E-state index in [0.717, 1.165) is 47.0 Å². The van der Waals surface area contributed by atoms with Crippen molar-refractivity contribution in [3.8, 4) is 23.0 Å². The molecule has 830 valence electrons. The van der Waals surface area contributed by atoms with Gasteiger partial charge in [0.1, 0.15) is 191 Å². The molecule has 8 rings (SSSR count). The molecule has 54 heteroatoms. The van der Waals surface area contributed by atoms with Crippen LogP contribution in [0.25, 0.3) is 0 Å². The van der Waals surface area contributed by atoms with Crippen LogP contribution in [0.5, 0.6) is 23.0 Å². The van der Waals surface area contributed by atoms with Gasteiger partial charge in [0.05, 0.1) is 26.4 Å². The molecule has 0 saturated carbocycles. The monoisotopic (exact) mass is 2180 g/mol. The molecule has 50 nitrogen and oxygen atoms in total. The van der Waals surface area contributed by atoms with Crippen LogP contribution in [0.1, 0.15) is 119 Å². The number of carbonyl (C=O) groups excluding carboxylic acids is 12. The van der Waals surface area contributed by atoms with Crippen LogP contribution in [0.15, 0.2) is 97.1 Å². The van der Waals surface area contributed by atoms with Crippen molar-refractivity contribution in [1.29, 1.82) is 0 Å². The lowest BCUT2D eigenvalue weighted by Crippen LogP contribution is -2.58. The topological polar surface area (TPSA) is 842 Å². The number of amides is 12. The van der Waals surface area contributed by atoms with Gasteiger partial charge in [-0.3, -0.25) is 62.3 Å². The maximum absolute atomic E-state index is 15.3. The summed E-state index contributed by atoms with van der Waals surface area (Å²) >= 11 is 3.44. The Kier molecular flexibility index (Phi) is 52.7. The van der Waals surface area contributed by atoms with Gasteiger partial charge in [-0.2, -0.15) is 0 Å². The largest absolute Gasteiger partial charge is 0.508 e. The molecule has 4 saturated heterocycles. The molecule has 12 amide bonds. The molecule has 0 spiro atoms. The van der Waals surface area contributed by atoms with Gasteiger partial charge in [0, 0.05) is 100 Å². The zero-order chi connectivity index (χ0) is 109. The van der Waals surface area contributed by atoms with Crippen LogP contribution in [-0.2, 0) is 107 Å². The van der Waals surface area contributed by atoms with Gasteiger partial charge in [0.15, 0.2) is 0 Å². The summed E-state index contributed by atoms with van der Waals surface area (Å²) in [5.41, 5.74) is 2.53. The number of aliphatic carboxylic acids is 1. The van der Waals surface area contributed by atoms with Crippen molar-refractivity contribution >= 4 is 124 Å². The molecule has 4 aromatic carbocycles. The lowest BCUT2D eigenvalue weighted by molar-refractivity contribution is -0.205. The number of nitrogens with one attached hydrogen (secondary N) is 11. The van der Waals surface area contributed by atoms with Gasteiger partial charge in [-0.15, -0.1) is 47.0 Å². The number of ether oxygens (including phenoxy) is 4. The first-order valence-electron chi connectivity index (χ1n) is 48.5. The second kappa shape index (κ2) is 63.3. The number of aliphatic hydroxyl groups is 16. The van der Waals surface area contributed by atoms with E-state index in [0.29, 0.717) is 22.3 Å². The van der Waals surface area contributed by atoms with Crippen molar-refractivity contribution in [1.82, 2.24) is 58.5 Å². The van der Waals surface area contributed by atoms with Crippen LogP contribution in [0.3, 0.4) is 0 Å². The van der Waals surface area contributed by atoms with Crippen molar-refractivity contribution in [2.24, 2.45) is 5.73 Å². The van der Waals surface area contributed by atoms with Gasteiger partial charge in [-0.25, -0.2) is 0 Å². The van der Waals surface area contributed by atoms with E-state index < -0.39 is 297 Å². The van der Waals surface area contributed by atoms with Crippen molar-refractivity contribution in [2.45, 2.75) is 290 Å². The third-order valence-corrected chi connectivity index (χ3v) is 29.4. The fourth-order valence-electron chi connectivity index (χ4n) is 16.1. The minimum atomic E-state index is -1.76. The lowest BCUT2D eigenvalue weighted by Gasteiger charge is -2.39. The first-order valence-corrected chi connectivity index (χ1v) is 52.7. The van der Waals surface area contributed by atoms with Crippen molar-refractivity contribution in [2.75, 3.05) is 69.1 Å². The number of phenolic OH excluding ortho intramolecular Hbond substituents is 4. The van der Waals surface area contributed by atoms with Crippen molar-refractivity contribution < 1.29 is 189 Å². The highest BCUT2D eigenvalue weighted by molar-refractivity contribution is 8.00. The third kappa shape index (κ3) is 40.4. The lowest BCUT2D eigenvalue weighted by atomic mass is 10.0. The van der Waals surface area contributed by atoms with E-state index in [1.54, 1.807) is 0 Å². The number of carbonyl (C=O) groups is 13. The number of rotatable bonds is 62. The smallest absolute Gasteiger partial charge is 0.303 e. The highest BCUT2D eigenvalue weighted by Crippen LogP contribution is 2.34. The molecule has 0 aromatic heterocycles. The minimum absolute atomic E-state index is 0.0168. The molecule has 28 atom stereocenters. The van der Waals surface area contributed by atoms with Crippen LogP contribution >= 0.6 is 47.0 Å². The molecule has 4 heterocycles. The van der Waals surface area contributed by atoms with Crippen LogP contribution in [0.2, 0.25) is 0 Å². The predicted octanol–water partition coefficient (Wildman–Crippen LogP) is -8.44. The van der Waals surface area contributed by atoms with E-state index in [-0.39, 0.29) is 162 Å². The van der Waals surface area contributed by atoms with E-state index in [1.165, 1.54) is 97.1 Å². The van der Waals surface area contributed by atoms with Crippen LogP contribution in [0, 0.1) is 0 Å². The Balaban J connectivity index is 1.03. The van der Waals surface area contributed by atoms with Crippen molar-refractivity contribution in [3.63, 3.8) is 0 Å². The summed E-state index contributed by atoms with van der Waals surface area (Å²) in [4.78, 5) is 183. The summed E-state index contributed by atoms with van der Waals surface area (Å²) < 4.78 is 22.2. The highest BCUT2D eigenvalue weighted by Gasteiger charge is 2.48. The summed E-state index contributed by atoms with van der Waals surface area (Å²) in [6.45, 7) is -3.51. The Hall–Kier alpha value is -10.2. The maximum atomic E-state index is 15.3.